The molecule has 2 aromatic rings. The molecule has 1 aromatic heterocycles. The van der Waals surface area contributed by atoms with Gasteiger partial charge in [0.05, 0.1) is 18.3 Å². The summed E-state index contributed by atoms with van der Waals surface area (Å²) in [5.41, 5.74) is -0.0821. The van der Waals surface area contributed by atoms with Crippen molar-refractivity contribution in [3.63, 3.8) is 0 Å². The van der Waals surface area contributed by atoms with Crippen molar-refractivity contribution in [2.45, 2.75) is 24.2 Å². The van der Waals surface area contributed by atoms with Crippen molar-refractivity contribution < 1.29 is 9.53 Å². The summed E-state index contributed by atoms with van der Waals surface area (Å²) in [7, 11) is 0. The van der Waals surface area contributed by atoms with E-state index in [1.165, 1.54) is 0 Å². The van der Waals surface area contributed by atoms with Gasteiger partial charge in [-0.15, -0.1) is 23.2 Å². The number of ether oxygens (including phenoxy) is 1. The van der Waals surface area contributed by atoms with Gasteiger partial charge in [0.15, 0.2) is 0 Å². The summed E-state index contributed by atoms with van der Waals surface area (Å²) in [6.07, 6.45) is 5.79. The Morgan fingerprint density at radius 3 is 2.91 bits per heavy atom. The monoisotopic (exact) mass is 353 g/mol. The van der Waals surface area contributed by atoms with Gasteiger partial charge in [-0.05, 0) is 25.5 Å². The number of carbonyl (C=O) groups is 1. The third-order valence-corrected chi connectivity index (χ3v) is 5.13. The van der Waals surface area contributed by atoms with Gasteiger partial charge < -0.3 is 14.6 Å². The highest BCUT2D eigenvalue weighted by Crippen LogP contribution is 2.64. The van der Waals surface area contributed by atoms with Crippen molar-refractivity contribution in [1.29, 1.82) is 0 Å². The van der Waals surface area contributed by atoms with E-state index in [0.717, 1.165) is 0 Å². The highest BCUT2D eigenvalue weighted by Gasteiger charge is 2.67. The van der Waals surface area contributed by atoms with Crippen molar-refractivity contribution in [3.05, 3.63) is 43.0 Å². The number of nitrogens with one attached hydrogen (secondary N) is 1. The largest absolute Gasteiger partial charge is 0.492 e. The van der Waals surface area contributed by atoms with Gasteiger partial charge in [-0.2, -0.15) is 0 Å². The molecule has 1 heterocycles. The van der Waals surface area contributed by atoms with Crippen LogP contribution in [0.15, 0.2) is 43.0 Å². The zero-order chi connectivity index (χ0) is 16.5. The number of imidazole rings is 1. The Balaban J connectivity index is 1.56. The first kappa shape index (κ1) is 16.1. The second-order valence-corrected chi connectivity index (χ2v) is 7.33. The van der Waals surface area contributed by atoms with Crippen LogP contribution in [0.1, 0.15) is 13.3 Å². The first-order valence-corrected chi connectivity index (χ1v) is 8.04. The fraction of sp³-hybridized carbons (Fsp3) is 0.375. The molecule has 0 bridgehead atoms. The molecule has 1 aromatic carbocycles. The molecule has 1 aliphatic carbocycles. The maximum Gasteiger partial charge on any atom is 0.233 e. The van der Waals surface area contributed by atoms with Gasteiger partial charge in [-0.1, -0.05) is 6.07 Å². The Labute approximate surface area is 144 Å². The molecule has 3 rings (SSSR count). The summed E-state index contributed by atoms with van der Waals surface area (Å²) in [6.45, 7) is 2.97. The van der Waals surface area contributed by atoms with Crippen LogP contribution in [-0.4, -0.2) is 26.4 Å². The number of carbonyl (C=O) groups excluding carboxylic acids is 1. The molecule has 0 saturated heterocycles. The lowest BCUT2D eigenvalue weighted by atomic mass is 10.1. The lowest BCUT2D eigenvalue weighted by Crippen LogP contribution is -2.25. The lowest BCUT2D eigenvalue weighted by molar-refractivity contribution is -0.120. The Morgan fingerprint density at radius 2 is 2.26 bits per heavy atom. The molecule has 0 unspecified atom stereocenters. The zero-order valence-corrected chi connectivity index (χ0v) is 14.1. The molecule has 1 atom stereocenters. The summed E-state index contributed by atoms with van der Waals surface area (Å²) < 4.78 is 6.65. The van der Waals surface area contributed by atoms with Gasteiger partial charge >= 0.3 is 0 Å². The van der Waals surface area contributed by atoms with E-state index in [0.29, 0.717) is 31.0 Å². The van der Waals surface area contributed by atoms with E-state index in [2.05, 4.69) is 10.3 Å². The third-order valence-electron chi connectivity index (χ3n) is 4.03. The minimum Gasteiger partial charge on any atom is -0.492 e. The molecule has 1 amide bonds. The number of rotatable bonds is 6. The number of halogens is 2. The first-order chi connectivity index (χ1) is 10.9. The van der Waals surface area contributed by atoms with E-state index in [4.69, 9.17) is 27.9 Å². The molecule has 1 aliphatic rings. The number of benzene rings is 1. The van der Waals surface area contributed by atoms with Gasteiger partial charge in [0, 0.05) is 24.1 Å². The van der Waals surface area contributed by atoms with Crippen LogP contribution in [-0.2, 0) is 11.3 Å². The van der Waals surface area contributed by atoms with Crippen molar-refractivity contribution >= 4 is 34.8 Å². The van der Waals surface area contributed by atoms with Crippen molar-refractivity contribution in [2.75, 3.05) is 11.9 Å². The van der Waals surface area contributed by atoms with E-state index >= 15 is 0 Å². The van der Waals surface area contributed by atoms with Crippen LogP contribution in [0.25, 0.3) is 0 Å². The lowest BCUT2D eigenvalue weighted by Gasteiger charge is -2.13. The van der Waals surface area contributed by atoms with Crippen molar-refractivity contribution in [1.82, 2.24) is 9.55 Å². The normalized spacial score (nSPS) is 21.7. The summed E-state index contributed by atoms with van der Waals surface area (Å²) in [6, 6.07) is 7.25. The van der Waals surface area contributed by atoms with Crippen LogP contribution >= 0.6 is 23.2 Å². The Morgan fingerprint density at radius 1 is 1.48 bits per heavy atom. The van der Waals surface area contributed by atoms with Crippen LogP contribution in [0, 0.1) is 5.41 Å². The van der Waals surface area contributed by atoms with Gasteiger partial charge in [0.25, 0.3) is 0 Å². The molecule has 1 saturated carbocycles. The number of hydrogen-bond donors (Lipinski definition) is 1. The Hall–Kier alpha value is -1.72. The van der Waals surface area contributed by atoms with Gasteiger partial charge in [0.1, 0.15) is 16.7 Å². The average Bonchev–Trinajstić information content (AvgIpc) is 2.87. The molecule has 122 valence electrons. The fourth-order valence-electron chi connectivity index (χ4n) is 2.27. The summed E-state index contributed by atoms with van der Waals surface area (Å²) in [4.78, 5) is 16.2. The summed E-state index contributed by atoms with van der Waals surface area (Å²) in [5, 5.41) is 2.84. The predicted octanol–water partition coefficient (Wildman–Crippen LogP) is 3.48. The predicted molar refractivity (Wildman–Crippen MR) is 90.0 cm³/mol. The molecule has 0 radical (unpaired) electrons. The maximum atomic E-state index is 12.3. The number of nitrogens with zero attached hydrogens (tertiary/aromatic N) is 2. The summed E-state index contributed by atoms with van der Waals surface area (Å²) >= 11 is 12.1. The highest BCUT2D eigenvalue weighted by atomic mass is 35.5. The fourth-order valence-corrected chi connectivity index (χ4v) is 2.97. The van der Waals surface area contributed by atoms with Crippen LogP contribution in [0.4, 0.5) is 5.69 Å². The van der Waals surface area contributed by atoms with Gasteiger partial charge in [-0.25, -0.2) is 4.98 Å². The molecule has 1 N–H and O–H groups in total. The zero-order valence-electron chi connectivity index (χ0n) is 12.6. The minimum atomic E-state index is -0.976. The van der Waals surface area contributed by atoms with Gasteiger partial charge in [0.2, 0.25) is 5.91 Å². The van der Waals surface area contributed by atoms with E-state index < -0.39 is 9.75 Å². The second-order valence-electron chi connectivity index (χ2n) is 5.84. The molecule has 1 fully saturated rings. The van der Waals surface area contributed by atoms with Crippen LogP contribution < -0.4 is 10.1 Å². The maximum absolute atomic E-state index is 12.3. The molecule has 7 heteroatoms. The second kappa shape index (κ2) is 6.06. The standard InChI is InChI=1S/C16H17Cl2N3O2/c1-15(10-16(15,17)18)14(22)20-12-3-2-4-13(9-12)23-8-7-21-6-5-19-11-21/h2-6,9,11H,7-8,10H2,1H3,(H,20,22)/t15-/m1/s1. The smallest absolute Gasteiger partial charge is 0.233 e. The molecule has 0 aliphatic heterocycles. The number of hydrogen-bond acceptors (Lipinski definition) is 3. The van der Waals surface area contributed by atoms with E-state index in [-0.39, 0.29) is 5.91 Å². The van der Waals surface area contributed by atoms with Crippen molar-refractivity contribution in [3.8, 4) is 5.75 Å². The molecule has 5 nitrogen and oxygen atoms in total. The number of anilines is 1. The molecular formula is C16H17Cl2N3O2. The van der Waals surface area contributed by atoms with E-state index in [1.807, 2.05) is 22.9 Å². The van der Waals surface area contributed by atoms with Crippen LogP contribution in [0.2, 0.25) is 0 Å². The quantitative estimate of drug-likeness (QED) is 0.808. The molecule has 0 spiro atoms. The van der Waals surface area contributed by atoms with Gasteiger partial charge in [-0.3, -0.25) is 4.79 Å². The topological polar surface area (TPSA) is 56.1 Å². The summed E-state index contributed by atoms with van der Waals surface area (Å²) in [5.74, 6) is 0.505. The Bertz CT molecular complexity index is 703. The molecular weight excluding hydrogens is 337 g/mol. The average molecular weight is 354 g/mol. The minimum absolute atomic E-state index is 0.182. The highest BCUT2D eigenvalue weighted by molar-refractivity contribution is 6.53. The number of alkyl halides is 2. The van der Waals surface area contributed by atoms with Crippen molar-refractivity contribution in [2.24, 2.45) is 5.41 Å². The Kier molecular flexibility index (Phi) is 4.25. The van der Waals surface area contributed by atoms with E-state index in [9.17, 15) is 4.79 Å². The third kappa shape index (κ3) is 3.46. The van der Waals surface area contributed by atoms with E-state index in [1.54, 1.807) is 31.6 Å². The number of amides is 1. The molecule has 23 heavy (non-hydrogen) atoms. The first-order valence-electron chi connectivity index (χ1n) is 7.29. The van der Waals surface area contributed by atoms with Crippen LogP contribution in [0.3, 0.4) is 0 Å². The SMILES string of the molecule is C[C@]1(C(=O)Nc2cccc(OCCn3ccnc3)c2)CC1(Cl)Cl. The van der Waals surface area contributed by atoms with Crippen LogP contribution in [0.5, 0.6) is 5.75 Å². The number of aromatic nitrogens is 2.